The third-order valence-electron chi connectivity index (χ3n) is 4.35. The van der Waals surface area contributed by atoms with Gasteiger partial charge in [0.1, 0.15) is 0 Å². The molecule has 0 fully saturated rings. The molecule has 2 unspecified atom stereocenters. The quantitative estimate of drug-likeness (QED) is 0.387. The van der Waals surface area contributed by atoms with E-state index in [9.17, 15) is 0 Å². The Kier molecular flexibility index (Phi) is 10.9. The molecule has 0 heterocycles. The summed E-state index contributed by atoms with van der Waals surface area (Å²) >= 11 is 0. The summed E-state index contributed by atoms with van der Waals surface area (Å²) in [5.41, 5.74) is 0. The molecule has 0 aromatic heterocycles. The van der Waals surface area contributed by atoms with E-state index in [1.165, 1.54) is 51.4 Å². The van der Waals surface area contributed by atoms with Crippen molar-refractivity contribution in [2.45, 2.75) is 92.9 Å². The molecule has 0 heteroatoms. The van der Waals surface area contributed by atoms with E-state index in [0.717, 1.165) is 17.8 Å². The van der Waals surface area contributed by atoms with Crippen LogP contribution in [0.5, 0.6) is 0 Å². The second kappa shape index (κ2) is 10.9. The van der Waals surface area contributed by atoms with Gasteiger partial charge in [-0.1, -0.05) is 80.1 Å². The number of hydrogen-bond acceptors (Lipinski definition) is 0. The molecule has 0 bridgehead atoms. The first kappa shape index (κ1) is 18.0. The monoisotopic (exact) mass is 253 g/mol. The summed E-state index contributed by atoms with van der Waals surface area (Å²) in [5, 5.41) is 0. The van der Waals surface area contributed by atoms with Crippen LogP contribution in [0, 0.1) is 23.7 Å². The third kappa shape index (κ3) is 9.00. The zero-order valence-electron chi connectivity index (χ0n) is 13.9. The highest BCUT2D eigenvalue weighted by atomic mass is 14.2. The molecule has 109 valence electrons. The molecule has 0 aromatic carbocycles. The van der Waals surface area contributed by atoms with Crippen molar-refractivity contribution in [3.63, 3.8) is 0 Å². The van der Waals surface area contributed by atoms with Gasteiger partial charge in [-0.2, -0.15) is 0 Å². The Bertz CT molecular complexity index is 171. The summed E-state index contributed by atoms with van der Waals surface area (Å²) in [4.78, 5) is 0. The van der Waals surface area contributed by atoms with E-state index < -0.39 is 0 Å². The average molecular weight is 253 g/mol. The van der Waals surface area contributed by atoms with E-state index in [-0.39, 0.29) is 0 Å². The molecule has 0 amide bonds. The Morgan fingerprint density at radius 1 is 0.833 bits per heavy atom. The Morgan fingerprint density at radius 2 is 1.50 bits per heavy atom. The molecule has 18 heavy (non-hydrogen) atoms. The maximum Gasteiger partial charge on any atom is -0.0213 e. The zero-order chi connectivity index (χ0) is 14.0. The summed E-state index contributed by atoms with van der Waals surface area (Å²) in [7, 11) is 0. The Morgan fingerprint density at radius 3 is 2.00 bits per heavy atom. The van der Waals surface area contributed by atoms with Gasteiger partial charge in [-0.25, -0.2) is 0 Å². The van der Waals surface area contributed by atoms with E-state index in [4.69, 9.17) is 0 Å². The average Bonchev–Trinajstić information content (AvgIpc) is 2.32. The minimum atomic E-state index is 0.853. The van der Waals surface area contributed by atoms with E-state index in [0.29, 0.717) is 0 Å². The fraction of sp³-hybridized carbons (Fsp3) is 0.944. The van der Waals surface area contributed by atoms with Gasteiger partial charge in [-0.15, -0.1) is 0 Å². The van der Waals surface area contributed by atoms with Crippen LogP contribution in [0.2, 0.25) is 0 Å². The van der Waals surface area contributed by atoms with Gasteiger partial charge in [0.15, 0.2) is 0 Å². The highest BCUT2D eigenvalue weighted by Crippen LogP contribution is 2.31. The Balaban J connectivity index is 4.07. The van der Waals surface area contributed by atoms with Gasteiger partial charge >= 0.3 is 0 Å². The maximum atomic E-state index is 2.45. The molecule has 0 saturated carbocycles. The Labute approximate surface area is 117 Å². The predicted molar refractivity (Wildman–Crippen MR) is 84.7 cm³/mol. The number of rotatable bonds is 11. The molecular formula is C18H37. The minimum Gasteiger partial charge on any atom is -0.0654 e. The van der Waals surface area contributed by atoms with Gasteiger partial charge in [-0.05, 0) is 36.5 Å². The first-order valence-corrected chi connectivity index (χ1v) is 8.35. The van der Waals surface area contributed by atoms with Crippen LogP contribution in [0.15, 0.2) is 0 Å². The second-order valence-corrected chi connectivity index (χ2v) is 6.69. The van der Waals surface area contributed by atoms with E-state index in [1.54, 1.807) is 0 Å². The van der Waals surface area contributed by atoms with Crippen molar-refractivity contribution in [3.8, 4) is 0 Å². The lowest BCUT2D eigenvalue weighted by molar-refractivity contribution is 0.410. The van der Waals surface area contributed by atoms with Crippen molar-refractivity contribution in [3.05, 3.63) is 5.92 Å². The normalized spacial score (nSPS) is 15.3. The smallest absolute Gasteiger partial charge is 0.0213 e. The molecule has 0 nitrogen and oxygen atoms in total. The molecule has 0 aliphatic rings. The fourth-order valence-electron chi connectivity index (χ4n) is 2.63. The van der Waals surface area contributed by atoms with Gasteiger partial charge in [-0.3, -0.25) is 0 Å². The summed E-state index contributed by atoms with van der Waals surface area (Å²) in [5.74, 6) is 4.48. The summed E-state index contributed by atoms with van der Waals surface area (Å²) in [6.45, 7) is 14.2. The lowest BCUT2D eigenvalue weighted by Crippen LogP contribution is -2.11. The van der Waals surface area contributed by atoms with Crippen molar-refractivity contribution in [1.29, 1.82) is 0 Å². The number of hydrogen-bond donors (Lipinski definition) is 0. The highest BCUT2D eigenvalue weighted by molar-refractivity contribution is 4.94. The van der Waals surface area contributed by atoms with Crippen molar-refractivity contribution < 1.29 is 0 Å². The molecule has 0 N–H and O–H groups in total. The molecule has 0 aliphatic carbocycles. The maximum absolute atomic E-state index is 2.45. The Hall–Kier alpha value is 0. The van der Waals surface area contributed by atoms with Crippen molar-refractivity contribution in [1.82, 2.24) is 0 Å². The van der Waals surface area contributed by atoms with Crippen molar-refractivity contribution >= 4 is 0 Å². The molecule has 0 spiro atoms. The van der Waals surface area contributed by atoms with Gasteiger partial charge in [0.25, 0.3) is 0 Å². The van der Waals surface area contributed by atoms with Gasteiger partial charge < -0.3 is 0 Å². The van der Waals surface area contributed by atoms with Crippen LogP contribution in [0.3, 0.4) is 0 Å². The van der Waals surface area contributed by atoms with Crippen LogP contribution in [0.4, 0.5) is 0 Å². The van der Waals surface area contributed by atoms with Crippen molar-refractivity contribution in [2.75, 3.05) is 0 Å². The van der Waals surface area contributed by atoms with Crippen LogP contribution in [0.25, 0.3) is 0 Å². The van der Waals surface area contributed by atoms with E-state index >= 15 is 0 Å². The summed E-state index contributed by atoms with van der Waals surface area (Å²) < 4.78 is 0. The highest BCUT2D eigenvalue weighted by Gasteiger charge is 2.17. The standard InChI is InChI=1S/C18H37/c1-7-10-17(6)18(12-9-11-15(3)4)14-13-16(5)8-2/h15-17H,7-14H2,1-6H3. The van der Waals surface area contributed by atoms with Crippen LogP contribution in [0.1, 0.15) is 92.9 Å². The first-order chi connectivity index (χ1) is 8.51. The molecule has 0 saturated heterocycles. The van der Waals surface area contributed by atoms with E-state index in [1.807, 2.05) is 5.92 Å². The van der Waals surface area contributed by atoms with Crippen LogP contribution >= 0.6 is 0 Å². The topological polar surface area (TPSA) is 0 Å². The molecule has 0 rings (SSSR count). The predicted octanol–water partition coefficient (Wildman–Crippen LogP) is 6.65. The van der Waals surface area contributed by atoms with Crippen LogP contribution in [-0.2, 0) is 0 Å². The largest absolute Gasteiger partial charge is 0.0654 e. The minimum absolute atomic E-state index is 0.853. The molecule has 2 atom stereocenters. The third-order valence-corrected chi connectivity index (χ3v) is 4.35. The lowest BCUT2D eigenvalue weighted by Gasteiger charge is -2.25. The van der Waals surface area contributed by atoms with E-state index in [2.05, 4.69) is 41.5 Å². The van der Waals surface area contributed by atoms with Crippen LogP contribution < -0.4 is 0 Å². The van der Waals surface area contributed by atoms with Gasteiger partial charge in [0, 0.05) is 0 Å². The molecular weight excluding hydrogens is 216 g/mol. The van der Waals surface area contributed by atoms with Crippen molar-refractivity contribution in [2.24, 2.45) is 17.8 Å². The summed E-state index contributed by atoms with van der Waals surface area (Å²) in [6, 6.07) is 0. The second-order valence-electron chi connectivity index (χ2n) is 6.69. The lowest BCUT2D eigenvalue weighted by atomic mass is 9.81. The van der Waals surface area contributed by atoms with Gasteiger partial charge in [0.05, 0.1) is 0 Å². The molecule has 0 aromatic rings. The summed E-state index contributed by atoms with van der Waals surface area (Å²) in [6.07, 6.45) is 11.0. The SMILES string of the molecule is CCCC(C)[C](CCCC(C)C)CCC(C)CC. The van der Waals surface area contributed by atoms with Crippen LogP contribution in [-0.4, -0.2) is 0 Å². The van der Waals surface area contributed by atoms with Gasteiger partial charge in [0.2, 0.25) is 0 Å². The first-order valence-electron chi connectivity index (χ1n) is 8.35. The molecule has 1 radical (unpaired) electrons. The molecule has 0 aliphatic heterocycles. The zero-order valence-corrected chi connectivity index (χ0v) is 13.9. The fourth-order valence-corrected chi connectivity index (χ4v) is 2.63.